The minimum absolute atomic E-state index is 0.00206. The minimum Gasteiger partial charge on any atom is -0.109 e. The summed E-state index contributed by atoms with van der Waals surface area (Å²) in [5.41, 5.74) is 0. The first-order valence-corrected chi connectivity index (χ1v) is 31.7. The van der Waals surface area contributed by atoms with Crippen LogP contribution in [0.5, 0.6) is 0 Å². The standard InChI is InChI=1S/H18P16/c1-9-14(8)16(13(6)7)10-15(11(2)3)12(4)5/h9-10H,1-8H2/i10T. The van der Waals surface area contributed by atoms with Gasteiger partial charge in [0.15, 0.2) is 0 Å². The molecule has 0 nitrogen and oxygen atoms in total. The third kappa shape index (κ3) is 9.89. The Balaban J connectivity index is 4.97. The molecule has 98 valence electrons. The van der Waals surface area contributed by atoms with E-state index in [2.05, 4.69) is 71.4 Å². The summed E-state index contributed by atoms with van der Waals surface area (Å²) >= 11 is 0. The van der Waals surface area contributed by atoms with Crippen LogP contribution in [0.1, 0.15) is 0 Å². The van der Waals surface area contributed by atoms with E-state index >= 15 is 0 Å². The van der Waals surface area contributed by atoms with Crippen LogP contribution in [0.15, 0.2) is 0 Å². The Morgan fingerprint density at radius 2 is 1.12 bits per heavy atom. The summed E-state index contributed by atoms with van der Waals surface area (Å²) in [6.45, 7) is -0.505. The van der Waals surface area contributed by atoms with Crippen LogP contribution in [0, 0.1) is 0 Å². The summed E-state index contributed by atoms with van der Waals surface area (Å²) in [7, 11) is 24.3. The molecule has 0 fully saturated rings. The molecule has 0 aliphatic carbocycles. The lowest BCUT2D eigenvalue weighted by atomic mass is 28.7. The van der Waals surface area contributed by atoms with Crippen molar-refractivity contribution in [1.29, 1.82) is 1.28 Å². The van der Waals surface area contributed by atoms with E-state index in [0.717, 1.165) is 7.96 Å². The van der Waals surface area contributed by atoms with Crippen LogP contribution < -0.4 is 0 Å². The molecular weight excluding hydrogens is 496 g/mol. The van der Waals surface area contributed by atoms with Crippen LogP contribution in [-0.2, 0) is 0 Å². The third-order valence-corrected chi connectivity index (χ3v) is 89.5. The van der Waals surface area contributed by atoms with Crippen molar-refractivity contribution in [2.75, 3.05) is 0 Å². The molecule has 0 saturated carbocycles. The summed E-state index contributed by atoms with van der Waals surface area (Å²) in [5, 5.41) is 0. The predicted octanol–water partition coefficient (Wildman–Crippen LogP) is 8.96. The molecule has 16 heavy (non-hydrogen) atoms. The van der Waals surface area contributed by atoms with Gasteiger partial charge in [0.2, 0.25) is 0 Å². The van der Waals surface area contributed by atoms with E-state index in [-0.39, 0.29) is 41.9 Å². The van der Waals surface area contributed by atoms with Crippen molar-refractivity contribution < 1.29 is 0 Å². The average Bonchev–Trinajstić information content (AvgIpc) is 2.15. The molecule has 0 bridgehead atoms. The maximum absolute atomic E-state index is 8.80. The van der Waals surface area contributed by atoms with Gasteiger partial charge in [-0.3, -0.25) is 0 Å². The first-order chi connectivity index (χ1) is 7.73. The monoisotopic (exact) mass is 516 g/mol. The molecule has 0 spiro atoms. The lowest BCUT2D eigenvalue weighted by molar-refractivity contribution is 4.62. The fourth-order valence-electron chi connectivity index (χ4n) is 0.535. The molecular formula is H18P16. The molecule has 0 aliphatic heterocycles. The van der Waals surface area contributed by atoms with Gasteiger partial charge in [-0.25, -0.2) is 0 Å². The van der Waals surface area contributed by atoms with Gasteiger partial charge in [0.05, 0.1) is 1.28 Å². The normalized spacial score (nSPS) is 20.1. The van der Waals surface area contributed by atoms with Crippen LogP contribution in [0.4, 0.5) is 0 Å². The molecule has 16 heteroatoms. The molecule has 0 rings (SSSR count). The van der Waals surface area contributed by atoms with Crippen LogP contribution in [0.25, 0.3) is 0 Å². The molecule has 0 heterocycles. The Morgan fingerprint density at radius 1 is 0.750 bits per heavy atom. The molecule has 0 aromatic heterocycles. The van der Waals surface area contributed by atoms with Gasteiger partial charge >= 0.3 is 0 Å². The van der Waals surface area contributed by atoms with Crippen molar-refractivity contribution in [2.45, 2.75) is 0 Å². The number of hydrogen-bond donors (Lipinski definition) is 0. The van der Waals surface area contributed by atoms with E-state index in [1.165, 1.54) is 0 Å². The number of hydrogen-bond acceptors (Lipinski definition) is 0. The molecule has 12 atom stereocenters. The highest BCUT2D eigenvalue weighted by atomic mass is 33.3. The maximum Gasteiger partial charge on any atom is 0.0690 e. The SMILES string of the molecule is [3H]P(P(P(P)P)P(P)P)P(P(P)P)P(P)PP. The molecule has 0 amide bonds. The summed E-state index contributed by atoms with van der Waals surface area (Å²) < 4.78 is 8.80. The van der Waals surface area contributed by atoms with Gasteiger partial charge < -0.3 is 0 Å². The minimum atomic E-state index is -0.528. The fraction of sp³-hybridized carbons (Fsp3) is 0. The predicted molar refractivity (Wildman–Crippen MR) is 136 cm³/mol. The second kappa shape index (κ2) is 13.2. The Bertz CT molecular complexity index is 188. The molecule has 0 aliphatic rings. The second-order valence-electron chi connectivity index (χ2n) is 2.24. The van der Waals surface area contributed by atoms with Crippen molar-refractivity contribution in [3.8, 4) is 0 Å². The van der Waals surface area contributed by atoms with Crippen LogP contribution in [0.3, 0.4) is 0 Å². The van der Waals surface area contributed by atoms with Crippen molar-refractivity contribution in [3.05, 3.63) is 0 Å². The molecule has 0 aromatic carbocycles. The summed E-state index contributed by atoms with van der Waals surface area (Å²) in [4.78, 5) is 0. The maximum atomic E-state index is 8.80. The quantitative estimate of drug-likeness (QED) is 0.297. The second-order valence-corrected chi connectivity index (χ2v) is 60.5. The third-order valence-electron chi connectivity index (χ3n) is 1.10. The zero-order valence-electron chi connectivity index (χ0n) is 9.25. The van der Waals surface area contributed by atoms with Crippen molar-refractivity contribution in [1.82, 2.24) is 0 Å². The Kier molecular flexibility index (Phi) is 17.3. The van der Waals surface area contributed by atoms with Gasteiger partial charge in [-0.2, -0.15) is 0 Å². The zero-order chi connectivity index (χ0) is 13.7. The van der Waals surface area contributed by atoms with E-state index in [4.69, 9.17) is 1.28 Å². The van der Waals surface area contributed by atoms with Crippen LogP contribution in [-0.4, -0.2) is 1.28 Å². The Labute approximate surface area is 130 Å². The topological polar surface area (TPSA) is 0 Å². The van der Waals surface area contributed by atoms with Gasteiger partial charge in [-0.05, 0) is 49.8 Å². The smallest absolute Gasteiger partial charge is 0.0690 e. The Morgan fingerprint density at radius 3 is 1.38 bits per heavy atom. The molecule has 0 radical (unpaired) electrons. The Hall–Kier alpha value is 6.88. The molecule has 0 saturated heterocycles. The number of rotatable bonds is 7. The van der Waals surface area contributed by atoms with Crippen molar-refractivity contribution in [2.24, 2.45) is 0 Å². The van der Waals surface area contributed by atoms with E-state index in [9.17, 15) is 0 Å². The summed E-state index contributed by atoms with van der Waals surface area (Å²) in [6, 6.07) is 0. The van der Waals surface area contributed by atoms with Gasteiger partial charge in [0.1, 0.15) is 0 Å². The van der Waals surface area contributed by atoms with Crippen molar-refractivity contribution in [3.63, 3.8) is 0 Å². The zero-order valence-corrected chi connectivity index (χ0v) is 24.7. The highest BCUT2D eigenvalue weighted by molar-refractivity contribution is 9.23. The van der Waals surface area contributed by atoms with E-state index in [1.807, 2.05) is 0 Å². The van der Waals surface area contributed by atoms with E-state index in [0.29, 0.717) is 0 Å². The van der Waals surface area contributed by atoms with Gasteiger partial charge in [0.25, 0.3) is 0 Å². The fourth-order valence-corrected chi connectivity index (χ4v) is 130. The highest BCUT2D eigenvalue weighted by Gasteiger charge is 2.27. The summed E-state index contributed by atoms with van der Waals surface area (Å²) in [6.07, 6.45) is 0. The molecule has 0 N–H and O–H groups in total. The van der Waals surface area contributed by atoms with Crippen LogP contribution >= 0.6 is 129 Å². The first kappa shape index (κ1) is 20.9. The molecule has 12 unspecified atom stereocenters. The van der Waals surface area contributed by atoms with Gasteiger partial charge in [-0.15, -0.1) is 71.4 Å². The van der Waals surface area contributed by atoms with Crippen LogP contribution in [0.2, 0.25) is 0 Å². The first-order valence-electron chi connectivity index (χ1n) is 3.97. The highest BCUT2D eigenvalue weighted by Crippen LogP contribution is 3.17. The lowest BCUT2D eigenvalue weighted by Gasteiger charge is -2.33. The summed E-state index contributed by atoms with van der Waals surface area (Å²) in [5.74, 6) is 0. The largest absolute Gasteiger partial charge is 0.109 e. The average molecular weight is 516 g/mol. The molecule has 0 aromatic rings. The van der Waals surface area contributed by atoms with E-state index in [1.54, 1.807) is 0 Å². The lowest BCUT2D eigenvalue weighted by Crippen LogP contribution is -1.44. The van der Waals surface area contributed by atoms with Crippen molar-refractivity contribution >= 4 is 129 Å². The van der Waals surface area contributed by atoms with Gasteiger partial charge in [-0.1, -0.05) is 7.96 Å². The van der Waals surface area contributed by atoms with E-state index < -0.39 is 7.90 Å². The van der Waals surface area contributed by atoms with Gasteiger partial charge in [0, 0.05) is 0 Å².